The maximum atomic E-state index is 12.3. The van der Waals surface area contributed by atoms with Crippen LogP contribution in [0.2, 0.25) is 0 Å². The molecule has 5 nitrogen and oxygen atoms in total. The SMILES string of the molecule is O=C(NCc1cc2cnccc2[nH]1)NC1CCCc2ccccc21. The van der Waals surface area contributed by atoms with Crippen molar-refractivity contribution in [3.05, 3.63) is 65.6 Å². The highest BCUT2D eigenvalue weighted by Gasteiger charge is 2.21. The van der Waals surface area contributed by atoms with Gasteiger partial charge in [-0.1, -0.05) is 24.3 Å². The zero-order valence-corrected chi connectivity index (χ0v) is 13.4. The first-order valence-electron chi connectivity index (χ1n) is 8.33. The van der Waals surface area contributed by atoms with Gasteiger partial charge in [-0.15, -0.1) is 0 Å². The molecule has 1 aromatic carbocycles. The van der Waals surface area contributed by atoms with Crippen LogP contribution >= 0.6 is 0 Å². The molecule has 1 atom stereocenters. The molecule has 2 amide bonds. The van der Waals surface area contributed by atoms with E-state index in [1.54, 1.807) is 6.20 Å². The summed E-state index contributed by atoms with van der Waals surface area (Å²) < 4.78 is 0. The predicted molar refractivity (Wildman–Crippen MR) is 93.6 cm³/mol. The molecule has 5 heteroatoms. The Morgan fingerprint density at radius 1 is 1.29 bits per heavy atom. The number of hydrogen-bond donors (Lipinski definition) is 3. The number of pyridine rings is 1. The maximum Gasteiger partial charge on any atom is 0.315 e. The summed E-state index contributed by atoms with van der Waals surface area (Å²) >= 11 is 0. The zero-order chi connectivity index (χ0) is 16.4. The van der Waals surface area contributed by atoms with Crippen LogP contribution in [0.1, 0.15) is 35.7 Å². The van der Waals surface area contributed by atoms with Crippen molar-refractivity contribution in [2.75, 3.05) is 0 Å². The van der Waals surface area contributed by atoms with E-state index in [1.165, 1.54) is 11.1 Å². The summed E-state index contributed by atoms with van der Waals surface area (Å²) in [6, 6.07) is 12.3. The summed E-state index contributed by atoms with van der Waals surface area (Å²) in [5.74, 6) is 0. The number of carbonyl (C=O) groups is 1. The van der Waals surface area contributed by atoms with Gasteiger partial charge in [-0.3, -0.25) is 4.98 Å². The molecule has 0 radical (unpaired) electrons. The number of carbonyl (C=O) groups excluding carboxylic acids is 1. The van der Waals surface area contributed by atoms with Gasteiger partial charge in [0.25, 0.3) is 0 Å². The van der Waals surface area contributed by atoms with Gasteiger partial charge in [0.05, 0.1) is 12.6 Å². The molecule has 1 aliphatic rings. The average Bonchev–Trinajstić information content (AvgIpc) is 3.03. The van der Waals surface area contributed by atoms with E-state index >= 15 is 0 Å². The topological polar surface area (TPSA) is 69.8 Å². The van der Waals surface area contributed by atoms with E-state index in [9.17, 15) is 4.79 Å². The van der Waals surface area contributed by atoms with Crippen LogP contribution < -0.4 is 10.6 Å². The molecule has 2 aromatic heterocycles. The van der Waals surface area contributed by atoms with Gasteiger partial charge in [-0.2, -0.15) is 0 Å². The highest BCUT2D eigenvalue weighted by molar-refractivity contribution is 5.79. The second-order valence-corrected chi connectivity index (χ2v) is 6.23. The molecule has 0 bridgehead atoms. The lowest BCUT2D eigenvalue weighted by Gasteiger charge is -2.26. The van der Waals surface area contributed by atoms with Gasteiger partial charge in [0.15, 0.2) is 0 Å². The Bertz CT molecular complexity index is 837. The van der Waals surface area contributed by atoms with Gasteiger partial charge in [-0.25, -0.2) is 4.79 Å². The molecule has 0 aliphatic heterocycles. The second-order valence-electron chi connectivity index (χ2n) is 6.23. The quantitative estimate of drug-likeness (QED) is 0.692. The summed E-state index contributed by atoms with van der Waals surface area (Å²) in [6.45, 7) is 0.467. The second kappa shape index (κ2) is 6.35. The molecule has 1 aliphatic carbocycles. The van der Waals surface area contributed by atoms with Crippen molar-refractivity contribution in [3.8, 4) is 0 Å². The van der Waals surface area contributed by atoms with Crippen molar-refractivity contribution in [2.45, 2.75) is 31.8 Å². The molecule has 3 aromatic rings. The fraction of sp³-hybridized carbons (Fsp3) is 0.263. The summed E-state index contributed by atoms with van der Waals surface area (Å²) in [7, 11) is 0. The minimum Gasteiger partial charge on any atom is -0.357 e. The predicted octanol–water partition coefficient (Wildman–Crippen LogP) is 3.44. The van der Waals surface area contributed by atoms with E-state index < -0.39 is 0 Å². The van der Waals surface area contributed by atoms with Crippen molar-refractivity contribution in [3.63, 3.8) is 0 Å². The molecule has 0 fully saturated rings. The number of hydrogen-bond acceptors (Lipinski definition) is 2. The van der Waals surface area contributed by atoms with Crippen LogP contribution in [0.3, 0.4) is 0 Å². The third-order valence-corrected chi connectivity index (χ3v) is 4.59. The molecule has 0 spiro atoms. The molecule has 3 N–H and O–H groups in total. The number of amides is 2. The van der Waals surface area contributed by atoms with Gasteiger partial charge < -0.3 is 15.6 Å². The van der Waals surface area contributed by atoms with Gasteiger partial charge >= 0.3 is 6.03 Å². The van der Waals surface area contributed by atoms with Gasteiger partial charge in [0, 0.05) is 29.0 Å². The van der Waals surface area contributed by atoms with Crippen LogP contribution in [0.15, 0.2) is 48.8 Å². The molecule has 4 rings (SSSR count). The number of aryl methyl sites for hydroxylation is 1. The van der Waals surface area contributed by atoms with Crippen molar-refractivity contribution in [2.24, 2.45) is 0 Å². The molecule has 1 unspecified atom stereocenters. The van der Waals surface area contributed by atoms with Crippen molar-refractivity contribution < 1.29 is 4.79 Å². The number of urea groups is 1. The van der Waals surface area contributed by atoms with Crippen LogP contribution in [0.4, 0.5) is 4.79 Å². The Morgan fingerprint density at radius 2 is 2.21 bits per heavy atom. The Labute approximate surface area is 140 Å². The van der Waals surface area contributed by atoms with E-state index in [4.69, 9.17) is 0 Å². The first-order valence-corrected chi connectivity index (χ1v) is 8.33. The third-order valence-electron chi connectivity index (χ3n) is 4.59. The average molecular weight is 320 g/mol. The molecule has 24 heavy (non-hydrogen) atoms. The smallest absolute Gasteiger partial charge is 0.315 e. The summed E-state index contributed by atoms with van der Waals surface area (Å²) in [6.07, 6.45) is 6.76. The Morgan fingerprint density at radius 3 is 3.12 bits per heavy atom. The van der Waals surface area contributed by atoms with E-state index in [0.29, 0.717) is 6.54 Å². The van der Waals surface area contributed by atoms with Crippen LogP contribution in [0, 0.1) is 0 Å². The van der Waals surface area contributed by atoms with E-state index in [2.05, 4.69) is 38.8 Å². The third kappa shape index (κ3) is 2.97. The van der Waals surface area contributed by atoms with Crippen molar-refractivity contribution >= 4 is 16.9 Å². The number of benzene rings is 1. The first kappa shape index (κ1) is 14.8. The minimum atomic E-state index is -0.131. The summed E-state index contributed by atoms with van der Waals surface area (Å²) in [5, 5.41) is 7.09. The minimum absolute atomic E-state index is 0.0989. The van der Waals surface area contributed by atoms with Gasteiger partial charge in [-0.05, 0) is 42.5 Å². The van der Waals surface area contributed by atoms with Crippen LogP contribution in [-0.2, 0) is 13.0 Å². The van der Waals surface area contributed by atoms with Gasteiger partial charge in [0.2, 0.25) is 0 Å². The number of nitrogens with one attached hydrogen (secondary N) is 3. The Balaban J connectivity index is 1.39. The first-order chi connectivity index (χ1) is 11.8. The molecular formula is C19H20N4O. The Kier molecular flexibility index (Phi) is 3.91. The van der Waals surface area contributed by atoms with E-state index in [-0.39, 0.29) is 12.1 Å². The zero-order valence-electron chi connectivity index (χ0n) is 13.4. The molecule has 0 saturated heterocycles. The number of rotatable bonds is 3. The van der Waals surface area contributed by atoms with E-state index in [1.807, 2.05) is 24.4 Å². The van der Waals surface area contributed by atoms with Crippen molar-refractivity contribution in [1.82, 2.24) is 20.6 Å². The number of H-pyrrole nitrogens is 1. The highest BCUT2D eigenvalue weighted by atomic mass is 16.2. The lowest BCUT2D eigenvalue weighted by atomic mass is 9.88. The number of fused-ring (bicyclic) bond motifs is 2. The molecular weight excluding hydrogens is 300 g/mol. The molecule has 0 saturated carbocycles. The molecule has 2 heterocycles. The maximum absolute atomic E-state index is 12.3. The fourth-order valence-electron chi connectivity index (χ4n) is 3.42. The van der Waals surface area contributed by atoms with Crippen LogP contribution in [-0.4, -0.2) is 16.0 Å². The van der Waals surface area contributed by atoms with Crippen molar-refractivity contribution in [1.29, 1.82) is 0 Å². The normalized spacial score (nSPS) is 16.6. The summed E-state index contributed by atoms with van der Waals surface area (Å²) in [5.41, 5.74) is 4.59. The highest BCUT2D eigenvalue weighted by Crippen LogP contribution is 2.29. The fourth-order valence-corrected chi connectivity index (χ4v) is 3.42. The lowest BCUT2D eigenvalue weighted by molar-refractivity contribution is 0.235. The van der Waals surface area contributed by atoms with Crippen LogP contribution in [0.25, 0.3) is 10.9 Å². The van der Waals surface area contributed by atoms with Gasteiger partial charge in [0.1, 0.15) is 0 Å². The number of aromatic nitrogens is 2. The summed E-state index contributed by atoms with van der Waals surface area (Å²) in [4.78, 5) is 19.6. The number of aromatic amines is 1. The lowest BCUT2D eigenvalue weighted by Crippen LogP contribution is -2.38. The largest absolute Gasteiger partial charge is 0.357 e. The Hall–Kier alpha value is -2.82. The standard InChI is InChI=1S/C19H20N4O/c24-19(21-12-15-10-14-11-20-9-8-17(14)22-15)23-18-7-3-5-13-4-1-2-6-16(13)18/h1-2,4,6,8-11,18,22H,3,5,7,12H2,(H2,21,23,24). The monoisotopic (exact) mass is 320 g/mol. The van der Waals surface area contributed by atoms with Crippen LogP contribution in [0.5, 0.6) is 0 Å². The number of nitrogens with zero attached hydrogens (tertiary/aromatic N) is 1. The van der Waals surface area contributed by atoms with E-state index in [0.717, 1.165) is 35.9 Å². The molecule has 122 valence electrons.